The van der Waals surface area contributed by atoms with E-state index in [0.717, 1.165) is 40.8 Å². The summed E-state index contributed by atoms with van der Waals surface area (Å²) >= 11 is 3.45. The smallest absolute Gasteiger partial charge is 0.263 e. The summed E-state index contributed by atoms with van der Waals surface area (Å²) in [5.41, 5.74) is 9.75. The maximum absolute atomic E-state index is 13.4. The van der Waals surface area contributed by atoms with Crippen molar-refractivity contribution in [2.45, 2.75) is 31.7 Å². The Morgan fingerprint density at radius 3 is 2.74 bits per heavy atom. The van der Waals surface area contributed by atoms with Crippen LogP contribution in [-0.4, -0.2) is 31.1 Å². The number of ketones is 1. The number of Topliss-reactive ketones (excluding diaryl/α,β-unsaturated/α-hetero) is 1. The number of hydrogen-bond donors (Lipinski definition) is 1. The van der Waals surface area contributed by atoms with Crippen molar-refractivity contribution in [1.29, 1.82) is 0 Å². The number of rotatable bonds is 7. The summed E-state index contributed by atoms with van der Waals surface area (Å²) in [6.45, 7) is 7.23. The van der Waals surface area contributed by atoms with Crippen LogP contribution >= 0.6 is 23.1 Å². The number of aromatic nitrogens is 1. The van der Waals surface area contributed by atoms with Gasteiger partial charge in [-0.3, -0.25) is 9.79 Å². The largest absolute Gasteiger partial charge is 0.336 e. The quantitative estimate of drug-likeness (QED) is 0.286. The summed E-state index contributed by atoms with van der Waals surface area (Å²) in [6, 6.07) is 16.8. The Morgan fingerprint density at radius 2 is 1.94 bits per heavy atom. The molecule has 2 N–H and O–H groups in total. The normalized spacial score (nSPS) is 21.1. The first-order chi connectivity index (χ1) is 16.7. The number of fused-ring (bicyclic) bond motifs is 2. The summed E-state index contributed by atoms with van der Waals surface area (Å²) < 4.78 is 3.49. The molecule has 0 amide bonds. The molecule has 174 valence electrons. The number of anilines is 1. The molecule has 0 radical (unpaired) electrons. The third-order valence-corrected chi connectivity index (χ3v) is 8.49. The molecule has 1 atom stereocenters. The van der Waals surface area contributed by atoms with Gasteiger partial charge in [-0.2, -0.15) is 4.57 Å². The second-order valence-electron chi connectivity index (χ2n) is 8.28. The Hall–Kier alpha value is -2.74. The van der Waals surface area contributed by atoms with Gasteiger partial charge in [-0.1, -0.05) is 47.4 Å². The van der Waals surface area contributed by atoms with Gasteiger partial charge >= 0.3 is 0 Å². The van der Waals surface area contributed by atoms with Crippen molar-refractivity contribution in [3.8, 4) is 0 Å². The average molecular weight is 490 g/mol. The zero-order valence-electron chi connectivity index (χ0n) is 19.5. The van der Waals surface area contributed by atoms with E-state index in [1.54, 1.807) is 23.1 Å². The van der Waals surface area contributed by atoms with Gasteiger partial charge < -0.3 is 10.6 Å². The fourth-order valence-electron chi connectivity index (χ4n) is 4.54. The van der Waals surface area contributed by atoms with Crippen LogP contribution < -0.4 is 15.2 Å². The number of carbonyl (C=O) groups excluding carboxylic acids is 1. The number of nitrogens with zero attached hydrogens (tertiary/aromatic N) is 3. The Kier molecular flexibility index (Phi) is 6.68. The summed E-state index contributed by atoms with van der Waals surface area (Å²) in [5, 5.41) is 2.20. The van der Waals surface area contributed by atoms with Crippen molar-refractivity contribution in [3.63, 3.8) is 0 Å². The van der Waals surface area contributed by atoms with Gasteiger partial charge in [-0.25, -0.2) is 0 Å². The zero-order valence-corrected chi connectivity index (χ0v) is 21.2. The second-order valence-corrected chi connectivity index (χ2v) is 10.4. The molecule has 1 aliphatic carbocycles. The molecular weight excluding hydrogens is 460 g/mol. The molecule has 0 bridgehead atoms. The Labute approximate surface area is 208 Å². The molecule has 5 rings (SSSR count). The van der Waals surface area contributed by atoms with Crippen molar-refractivity contribution >= 4 is 56.6 Å². The number of allylic oxidation sites excluding steroid dienone is 2. The maximum Gasteiger partial charge on any atom is 0.263 e. The van der Waals surface area contributed by atoms with Crippen LogP contribution in [0.3, 0.4) is 0 Å². The number of para-hydroxylation sites is 2. The molecule has 0 saturated heterocycles. The number of thiazole rings is 1. The van der Waals surface area contributed by atoms with Crippen LogP contribution in [0.25, 0.3) is 16.3 Å². The number of aliphatic imine (C=N–C) groups is 1. The van der Waals surface area contributed by atoms with E-state index >= 15 is 0 Å². The lowest BCUT2D eigenvalue weighted by Gasteiger charge is -2.29. The fraction of sp³-hybridized carbons (Fsp3) is 0.296. The first-order valence-electron chi connectivity index (χ1n) is 11.8. The third kappa shape index (κ3) is 4.02. The Morgan fingerprint density at radius 1 is 1.15 bits per heavy atom. The maximum atomic E-state index is 13.4. The molecule has 3 aromatic rings. The molecule has 1 fully saturated rings. The minimum atomic E-state index is -0.306. The highest BCUT2D eigenvalue weighted by Gasteiger charge is 2.42. The fourth-order valence-corrected chi connectivity index (χ4v) is 6.90. The molecule has 2 aromatic carbocycles. The van der Waals surface area contributed by atoms with E-state index in [4.69, 9.17) is 10.7 Å². The predicted molar refractivity (Wildman–Crippen MR) is 144 cm³/mol. The van der Waals surface area contributed by atoms with Gasteiger partial charge in [0.25, 0.3) is 5.01 Å². The predicted octanol–water partition coefficient (Wildman–Crippen LogP) is 5.05. The highest BCUT2D eigenvalue weighted by molar-refractivity contribution is 8.03. The minimum absolute atomic E-state index is 0.145. The Balaban J connectivity index is 1.51. The van der Waals surface area contributed by atoms with Gasteiger partial charge in [-0.15, -0.1) is 0 Å². The Bertz CT molecular complexity index is 1340. The minimum Gasteiger partial charge on any atom is -0.336 e. The van der Waals surface area contributed by atoms with Gasteiger partial charge in [0.1, 0.15) is 11.2 Å². The van der Waals surface area contributed by atoms with Crippen LogP contribution in [0.4, 0.5) is 5.69 Å². The second kappa shape index (κ2) is 9.86. The third-order valence-electron chi connectivity index (χ3n) is 6.25. The van der Waals surface area contributed by atoms with Crippen molar-refractivity contribution in [2.75, 3.05) is 24.5 Å². The van der Waals surface area contributed by atoms with E-state index in [9.17, 15) is 4.79 Å². The molecule has 1 unspecified atom stereocenters. The molecule has 0 spiro atoms. The molecule has 34 heavy (non-hydrogen) atoms. The summed E-state index contributed by atoms with van der Waals surface area (Å²) in [5.74, 6) is -0.161. The van der Waals surface area contributed by atoms with E-state index < -0.39 is 0 Å². The molecular formula is C27H29N4OS2+. The van der Waals surface area contributed by atoms with Crippen molar-refractivity contribution < 1.29 is 9.36 Å². The van der Waals surface area contributed by atoms with E-state index in [2.05, 4.69) is 77.9 Å². The van der Waals surface area contributed by atoms with Crippen LogP contribution in [0.15, 0.2) is 75.1 Å². The molecule has 5 nitrogen and oxygen atoms in total. The van der Waals surface area contributed by atoms with E-state index in [-0.39, 0.29) is 11.7 Å². The van der Waals surface area contributed by atoms with Gasteiger partial charge in [0, 0.05) is 35.7 Å². The number of benzene rings is 2. The number of aryl methyl sites for hydroxylation is 1. The monoisotopic (exact) mass is 489 g/mol. The molecule has 1 aliphatic heterocycles. The summed E-state index contributed by atoms with van der Waals surface area (Å²) in [6.07, 6.45) is 4.96. The molecule has 2 aliphatic rings. The average Bonchev–Trinajstić information content (AvgIpc) is 3.41. The van der Waals surface area contributed by atoms with Crippen molar-refractivity contribution in [2.24, 2.45) is 16.6 Å². The van der Waals surface area contributed by atoms with E-state index in [0.29, 0.717) is 13.1 Å². The summed E-state index contributed by atoms with van der Waals surface area (Å²) in [7, 11) is 0. The molecule has 7 heteroatoms. The van der Waals surface area contributed by atoms with Crippen LogP contribution in [0, 0.1) is 5.92 Å². The van der Waals surface area contributed by atoms with Crippen molar-refractivity contribution in [1.82, 2.24) is 0 Å². The lowest BCUT2D eigenvalue weighted by atomic mass is 9.75. The van der Waals surface area contributed by atoms with Crippen LogP contribution in [0.5, 0.6) is 0 Å². The summed E-state index contributed by atoms with van der Waals surface area (Å²) in [4.78, 5) is 21.8. The first-order valence-corrected chi connectivity index (χ1v) is 13.5. The standard InChI is InChI=1S/C27H29N4OS2/c1-3-30-20-10-5-7-12-22(20)33-24(30)16-18-26(29-15-9-14-28)19(27(18)32)17-25-31(4-2)21-11-6-8-13-23(21)34-25/h5-8,10-13,16-18H,3-4,9,14-15,28H2,1-2H3/q+1/b19-17+,24-16-,29-26?. The lowest BCUT2D eigenvalue weighted by Crippen LogP contribution is -2.41. The number of thioether (sulfide) groups is 1. The number of hydrogen-bond acceptors (Lipinski definition) is 6. The SMILES string of the molecule is CCN1/C(=C/C2C(=O)/C(=C/c3sc4ccccc4[n+]3CC)C2=NCCCN)Sc2ccccc21. The van der Waals surface area contributed by atoms with Crippen LogP contribution in [0.1, 0.15) is 25.3 Å². The lowest BCUT2D eigenvalue weighted by molar-refractivity contribution is -0.665. The van der Waals surface area contributed by atoms with E-state index in [1.807, 2.05) is 6.08 Å². The van der Waals surface area contributed by atoms with Gasteiger partial charge in [0.15, 0.2) is 5.78 Å². The van der Waals surface area contributed by atoms with Gasteiger partial charge in [-0.05, 0) is 51.1 Å². The highest BCUT2D eigenvalue weighted by Crippen LogP contribution is 2.47. The number of carbonyl (C=O) groups is 1. The molecule has 1 saturated carbocycles. The zero-order chi connectivity index (χ0) is 23.7. The highest BCUT2D eigenvalue weighted by atomic mass is 32.2. The van der Waals surface area contributed by atoms with Gasteiger partial charge in [0.05, 0.1) is 22.3 Å². The van der Waals surface area contributed by atoms with Crippen molar-refractivity contribution in [3.05, 3.63) is 70.2 Å². The molecule has 2 heterocycles. The van der Waals surface area contributed by atoms with E-state index in [1.165, 1.54) is 20.8 Å². The molecule has 1 aromatic heterocycles. The number of nitrogens with two attached hydrogens (primary N) is 1. The first kappa shape index (κ1) is 23.0. The van der Waals surface area contributed by atoms with Crippen LogP contribution in [-0.2, 0) is 11.3 Å². The van der Waals surface area contributed by atoms with Gasteiger partial charge in [0.2, 0.25) is 5.52 Å². The van der Waals surface area contributed by atoms with Crippen LogP contribution in [0.2, 0.25) is 0 Å². The topological polar surface area (TPSA) is 62.6 Å².